The lowest BCUT2D eigenvalue weighted by atomic mass is 9.88. The number of aliphatic hydroxyl groups is 3. The summed E-state index contributed by atoms with van der Waals surface area (Å²) < 4.78 is 20.6. The van der Waals surface area contributed by atoms with Crippen LogP contribution in [0.1, 0.15) is 46.5 Å². The molecule has 0 bridgehead atoms. The van der Waals surface area contributed by atoms with Crippen LogP contribution in [0.4, 0.5) is 4.39 Å². The molecule has 9 heteroatoms. The number of alkyl halides is 1. The Bertz CT molecular complexity index is 527. The fourth-order valence-electron chi connectivity index (χ4n) is 3.94. The summed E-state index contributed by atoms with van der Waals surface area (Å²) in [5.41, 5.74) is -2.09. The van der Waals surface area contributed by atoms with Crippen molar-refractivity contribution in [3.63, 3.8) is 0 Å². The van der Waals surface area contributed by atoms with Gasteiger partial charge in [0.2, 0.25) is 5.91 Å². The Balaban J connectivity index is 2.05. The highest BCUT2D eigenvalue weighted by molar-refractivity contribution is 7.99. The summed E-state index contributed by atoms with van der Waals surface area (Å²) in [6.45, 7) is 5.90. The van der Waals surface area contributed by atoms with Gasteiger partial charge < -0.3 is 30.7 Å². The van der Waals surface area contributed by atoms with E-state index in [4.69, 9.17) is 4.74 Å². The number of unbranched alkanes of at least 4 members (excludes halogenated alkanes) is 1. The number of thioether (sulfide) groups is 1. The third kappa shape index (κ3) is 5.37. The average Bonchev–Trinajstić information content (AvgIpc) is 3.05. The second kappa shape index (κ2) is 10.0. The Morgan fingerprint density at radius 2 is 2.00 bits per heavy atom. The summed E-state index contributed by atoms with van der Waals surface area (Å²) >= 11 is 1.23. The van der Waals surface area contributed by atoms with Gasteiger partial charge >= 0.3 is 0 Å². The van der Waals surface area contributed by atoms with Crippen LogP contribution < -0.4 is 10.6 Å². The Hall–Kier alpha value is -0.450. The second-order valence-corrected chi connectivity index (χ2v) is 9.28. The third-order valence-corrected chi connectivity index (χ3v) is 6.60. The largest absolute Gasteiger partial charge is 0.388 e. The zero-order valence-electron chi connectivity index (χ0n) is 17.1. The number of rotatable bonds is 8. The molecule has 0 aromatic carbocycles. The number of carbonyl (C=O) groups excluding carboxylic acids is 1. The first-order chi connectivity index (χ1) is 13.1. The Morgan fingerprint density at radius 3 is 2.57 bits per heavy atom. The fraction of sp³-hybridized carbons (Fsp3) is 0.947. The molecule has 2 heterocycles. The van der Waals surface area contributed by atoms with Crippen LogP contribution in [0.3, 0.4) is 0 Å². The molecule has 28 heavy (non-hydrogen) atoms. The van der Waals surface area contributed by atoms with E-state index in [-0.39, 0.29) is 24.8 Å². The van der Waals surface area contributed by atoms with Crippen LogP contribution in [-0.2, 0) is 9.53 Å². The number of aliphatic hydroxyl groups excluding tert-OH is 3. The van der Waals surface area contributed by atoms with Crippen molar-refractivity contribution in [3.8, 4) is 0 Å². The van der Waals surface area contributed by atoms with Gasteiger partial charge in [-0.15, -0.1) is 11.8 Å². The zero-order chi connectivity index (χ0) is 21.1. The number of ether oxygens (including phenoxy) is 1. The standard InChI is InChI=1S/C19H35FN2O5S/c1-5-6-7-19(20)8-11(21-9-19)17(26)22-12(10(2)3)16-14(24)13(23)15(25)18(27-16)28-4/h10-16,18,21,23-25H,5-9H2,1-4H3,(H,22,26)/t11-,12+,13-,14+,15+,16+,18+,19?/m0/s1. The maximum absolute atomic E-state index is 14.8. The molecule has 2 rings (SSSR count). The van der Waals surface area contributed by atoms with E-state index in [2.05, 4.69) is 10.6 Å². The highest BCUT2D eigenvalue weighted by Crippen LogP contribution is 2.32. The summed E-state index contributed by atoms with van der Waals surface area (Å²) in [7, 11) is 0. The minimum absolute atomic E-state index is 0.106. The van der Waals surface area contributed by atoms with Crippen LogP contribution in [0.15, 0.2) is 0 Å². The molecule has 0 aromatic rings. The highest BCUT2D eigenvalue weighted by atomic mass is 32.2. The van der Waals surface area contributed by atoms with Crippen molar-refractivity contribution in [2.45, 2.75) is 94.1 Å². The van der Waals surface area contributed by atoms with E-state index < -0.39 is 47.6 Å². The lowest BCUT2D eigenvalue weighted by Gasteiger charge is -2.44. The van der Waals surface area contributed by atoms with Gasteiger partial charge in [-0.2, -0.15) is 0 Å². The summed E-state index contributed by atoms with van der Waals surface area (Å²) in [5.74, 6) is -0.447. The molecular weight excluding hydrogens is 387 g/mol. The van der Waals surface area contributed by atoms with Crippen molar-refractivity contribution in [2.75, 3.05) is 12.8 Å². The monoisotopic (exact) mass is 422 g/mol. The van der Waals surface area contributed by atoms with E-state index in [0.717, 1.165) is 12.8 Å². The molecule has 2 aliphatic heterocycles. The molecule has 2 aliphatic rings. The minimum Gasteiger partial charge on any atom is -0.388 e. The van der Waals surface area contributed by atoms with E-state index in [1.54, 1.807) is 6.26 Å². The minimum atomic E-state index is -1.38. The van der Waals surface area contributed by atoms with Gasteiger partial charge in [-0.3, -0.25) is 4.79 Å². The number of nitrogens with one attached hydrogen (secondary N) is 2. The molecule has 2 fully saturated rings. The van der Waals surface area contributed by atoms with Gasteiger partial charge in [0.25, 0.3) is 0 Å². The predicted octanol–water partition coefficient (Wildman–Crippen LogP) is 0.558. The van der Waals surface area contributed by atoms with Crippen LogP contribution in [0.5, 0.6) is 0 Å². The van der Waals surface area contributed by atoms with Gasteiger partial charge in [0, 0.05) is 13.0 Å². The van der Waals surface area contributed by atoms with Crippen molar-refractivity contribution in [1.29, 1.82) is 0 Å². The van der Waals surface area contributed by atoms with Crippen molar-refractivity contribution in [3.05, 3.63) is 0 Å². The summed E-state index contributed by atoms with van der Waals surface area (Å²) in [6.07, 6.45) is -0.844. The molecule has 0 aromatic heterocycles. The maximum atomic E-state index is 14.8. The van der Waals surface area contributed by atoms with E-state index >= 15 is 0 Å². The van der Waals surface area contributed by atoms with Gasteiger partial charge in [0.05, 0.1) is 12.1 Å². The van der Waals surface area contributed by atoms with Crippen molar-refractivity contribution < 1.29 is 29.2 Å². The second-order valence-electron chi connectivity index (χ2n) is 8.35. The quantitative estimate of drug-likeness (QED) is 0.389. The van der Waals surface area contributed by atoms with E-state index in [9.17, 15) is 24.5 Å². The van der Waals surface area contributed by atoms with E-state index in [0.29, 0.717) is 6.42 Å². The first kappa shape index (κ1) is 23.8. The first-order valence-electron chi connectivity index (χ1n) is 10.1. The van der Waals surface area contributed by atoms with Crippen LogP contribution in [0.2, 0.25) is 0 Å². The molecule has 0 saturated carbocycles. The van der Waals surface area contributed by atoms with Gasteiger partial charge in [-0.05, 0) is 18.6 Å². The Morgan fingerprint density at radius 1 is 1.32 bits per heavy atom. The molecule has 1 unspecified atom stereocenters. The molecule has 5 N–H and O–H groups in total. The summed E-state index contributed by atoms with van der Waals surface area (Å²) in [5, 5.41) is 36.5. The fourth-order valence-corrected chi connectivity index (χ4v) is 4.62. The lowest BCUT2D eigenvalue weighted by Crippen LogP contribution is -2.64. The average molecular weight is 423 g/mol. The molecule has 2 saturated heterocycles. The van der Waals surface area contributed by atoms with E-state index in [1.165, 1.54) is 11.8 Å². The van der Waals surface area contributed by atoms with Crippen molar-refractivity contribution in [1.82, 2.24) is 10.6 Å². The molecule has 1 amide bonds. The molecule has 164 valence electrons. The molecule has 8 atom stereocenters. The number of amides is 1. The summed E-state index contributed by atoms with van der Waals surface area (Å²) in [6, 6.07) is -1.23. The highest BCUT2D eigenvalue weighted by Gasteiger charge is 2.48. The van der Waals surface area contributed by atoms with Crippen LogP contribution in [-0.4, -0.2) is 81.6 Å². The van der Waals surface area contributed by atoms with Crippen molar-refractivity contribution >= 4 is 17.7 Å². The normalized spacial score (nSPS) is 39.9. The van der Waals surface area contributed by atoms with Gasteiger partial charge in [0.15, 0.2) is 0 Å². The van der Waals surface area contributed by atoms with Crippen LogP contribution in [0, 0.1) is 5.92 Å². The smallest absolute Gasteiger partial charge is 0.237 e. The molecule has 0 aliphatic carbocycles. The zero-order valence-corrected chi connectivity index (χ0v) is 17.9. The predicted molar refractivity (Wildman–Crippen MR) is 107 cm³/mol. The lowest BCUT2D eigenvalue weighted by molar-refractivity contribution is -0.208. The third-order valence-electron chi connectivity index (χ3n) is 5.75. The van der Waals surface area contributed by atoms with Gasteiger partial charge in [-0.25, -0.2) is 4.39 Å². The number of hydrogen-bond acceptors (Lipinski definition) is 7. The van der Waals surface area contributed by atoms with Crippen LogP contribution >= 0.6 is 11.8 Å². The van der Waals surface area contributed by atoms with Crippen LogP contribution in [0.25, 0.3) is 0 Å². The number of halogens is 1. The van der Waals surface area contributed by atoms with Crippen molar-refractivity contribution in [2.24, 2.45) is 5.92 Å². The maximum Gasteiger partial charge on any atom is 0.237 e. The Labute approximate surface area is 170 Å². The van der Waals surface area contributed by atoms with Gasteiger partial charge in [-0.1, -0.05) is 33.6 Å². The molecule has 0 radical (unpaired) electrons. The summed E-state index contributed by atoms with van der Waals surface area (Å²) in [4.78, 5) is 12.8. The Kier molecular flexibility index (Phi) is 8.54. The SMILES string of the molecule is CCCCC1(F)CN[C@H](C(=O)N[C@H](C(C)C)[C@H]2O[C@H](SC)[C@H](O)[C@@H](O)[C@H]2O)C1. The molecule has 0 spiro atoms. The topological polar surface area (TPSA) is 111 Å². The van der Waals surface area contributed by atoms with E-state index in [1.807, 2.05) is 20.8 Å². The molecule has 7 nitrogen and oxygen atoms in total. The first-order valence-corrected chi connectivity index (χ1v) is 11.4. The number of carbonyl (C=O) groups is 1. The molecular formula is C19H35FN2O5S. The number of hydrogen-bond donors (Lipinski definition) is 5. The van der Waals surface area contributed by atoms with Gasteiger partial charge in [0.1, 0.15) is 35.5 Å².